The summed E-state index contributed by atoms with van der Waals surface area (Å²) in [5, 5.41) is 9.76. The molecular weight excluding hydrogens is 294 g/mol. The maximum Gasteiger partial charge on any atom is 0.172 e. The molecule has 0 aliphatic heterocycles. The van der Waals surface area contributed by atoms with Crippen LogP contribution >= 0.6 is 15.9 Å². The topological polar surface area (TPSA) is 32.7 Å². The number of benzene rings is 1. The van der Waals surface area contributed by atoms with E-state index in [1.165, 1.54) is 0 Å². The number of ether oxygens (including phenoxy) is 1. The third kappa shape index (κ3) is 4.03. The first-order valence-corrected chi connectivity index (χ1v) is 6.69. The van der Waals surface area contributed by atoms with E-state index < -0.39 is 0 Å². The lowest BCUT2D eigenvalue weighted by molar-refractivity contribution is 0.303. The number of nitrogens with zero attached hydrogens (tertiary/aromatic N) is 1. The Morgan fingerprint density at radius 3 is 2.67 bits per heavy atom. The predicted octanol–water partition coefficient (Wildman–Crippen LogP) is 3.56. The summed E-state index contributed by atoms with van der Waals surface area (Å²) in [5.74, 6) is 0.634. The smallest absolute Gasteiger partial charge is 0.172 e. The Labute approximate surface area is 117 Å². The van der Waals surface area contributed by atoms with E-state index >= 15 is 0 Å². The maximum absolute atomic E-state index is 9.76. The van der Waals surface area contributed by atoms with Crippen LogP contribution in [0.25, 0.3) is 0 Å². The summed E-state index contributed by atoms with van der Waals surface area (Å²) >= 11 is 3.33. The van der Waals surface area contributed by atoms with Crippen LogP contribution in [0.15, 0.2) is 28.8 Å². The molecule has 18 heavy (non-hydrogen) atoms. The lowest BCUT2D eigenvalue weighted by atomic mass is 10.1. The summed E-state index contributed by atoms with van der Waals surface area (Å²) < 4.78 is 5.80. The first kappa shape index (κ1) is 15.1. The van der Waals surface area contributed by atoms with Gasteiger partial charge in [-0.1, -0.05) is 19.1 Å². The van der Waals surface area contributed by atoms with E-state index in [-0.39, 0.29) is 5.75 Å². The minimum absolute atomic E-state index is 0.143. The first-order chi connectivity index (χ1) is 8.47. The molecular formula is C14H20BrNO2. The summed E-state index contributed by atoms with van der Waals surface area (Å²) in [6, 6.07) is 3.78. The zero-order valence-electron chi connectivity index (χ0n) is 11.2. The Balaban J connectivity index is 2.89. The van der Waals surface area contributed by atoms with Crippen molar-refractivity contribution >= 4 is 15.9 Å². The number of halogens is 1. The van der Waals surface area contributed by atoms with Crippen molar-refractivity contribution in [1.29, 1.82) is 0 Å². The SMILES string of the molecule is C=C(C)CN(CC)Cc1cc(Br)c(O)c(OC)c1. The molecule has 1 rings (SSSR count). The molecule has 0 heterocycles. The summed E-state index contributed by atoms with van der Waals surface area (Å²) in [7, 11) is 1.55. The first-order valence-electron chi connectivity index (χ1n) is 5.90. The molecule has 0 saturated carbocycles. The van der Waals surface area contributed by atoms with E-state index in [9.17, 15) is 5.11 Å². The number of hydrogen-bond acceptors (Lipinski definition) is 3. The molecule has 0 atom stereocenters. The van der Waals surface area contributed by atoms with E-state index in [0.717, 1.165) is 30.8 Å². The molecule has 0 bridgehead atoms. The van der Waals surface area contributed by atoms with Crippen molar-refractivity contribution in [1.82, 2.24) is 4.90 Å². The van der Waals surface area contributed by atoms with Crippen molar-refractivity contribution in [3.8, 4) is 11.5 Å². The number of hydrogen-bond donors (Lipinski definition) is 1. The lowest BCUT2D eigenvalue weighted by Crippen LogP contribution is -2.24. The highest BCUT2D eigenvalue weighted by atomic mass is 79.9. The molecule has 1 N–H and O–H groups in total. The second-order valence-corrected chi connectivity index (χ2v) is 5.24. The number of methoxy groups -OCH3 is 1. The van der Waals surface area contributed by atoms with Gasteiger partial charge in [-0.3, -0.25) is 4.90 Å². The van der Waals surface area contributed by atoms with Crippen LogP contribution in [0.2, 0.25) is 0 Å². The molecule has 0 amide bonds. The van der Waals surface area contributed by atoms with Gasteiger partial charge in [0.1, 0.15) is 0 Å². The van der Waals surface area contributed by atoms with Crippen molar-refractivity contribution < 1.29 is 9.84 Å². The van der Waals surface area contributed by atoms with Crippen LogP contribution in [-0.4, -0.2) is 30.2 Å². The fourth-order valence-electron chi connectivity index (χ4n) is 1.79. The van der Waals surface area contributed by atoms with Crippen LogP contribution in [0.5, 0.6) is 11.5 Å². The van der Waals surface area contributed by atoms with E-state index in [1.807, 2.05) is 19.1 Å². The molecule has 3 nitrogen and oxygen atoms in total. The molecule has 100 valence electrons. The van der Waals surface area contributed by atoms with E-state index in [4.69, 9.17) is 4.74 Å². The fourth-order valence-corrected chi connectivity index (χ4v) is 2.28. The third-order valence-corrected chi connectivity index (χ3v) is 3.26. The largest absolute Gasteiger partial charge is 0.503 e. The Morgan fingerprint density at radius 1 is 1.50 bits per heavy atom. The van der Waals surface area contributed by atoms with Gasteiger partial charge >= 0.3 is 0 Å². The second-order valence-electron chi connectivity index (χ2n) is 4.39. The maximum atomic E-state index is 9.76. The Hall–Kier alpha value is -1.00. The molecule has 0 fully saturated rings. The molecule has 0 radical (unpaired) electrons. The van der Waals surface area contributed by atoms with Gasteiger partial charge in [0.2, 0.25) is 0 Å². The van der Waals surface area contributed by atoms with Crippen LogP contribution < -0.4 is 4.74 Å². The van der Waals surface area contributed by atoms with Gasteiger partial charge in [-0.25, -0.2) is 0 Å². The van der Waals surface area contributed by atoms with Crippen molar-refractivity contribution in [2.45, 2.75) is 20.4 Å². The molecule has 0 aromatic heterocycles. The number of phenols is 1. The van der Waals surface area contributed by atoms with Crippen molar-refractivity contribution in [3.05, 3.63) is 34.3 Å². The highest BCUT2D eigenvalue weighted by molar-refractivity contribution is 9.10. The monoisotopic (exact) mass is 313 g/mol. The van der Waals surface area contributed by atoms with Gasteiger partial charge in [0.15, 0.2) is 11.5 Å². The highest BCUT2D eigenvalue weighted by Gasteiger charge is 2.11. The average molecular weight is 314 g/mol. The van der Waals surface area contributed by atoms with Crippen LogP contribution in [0.1, 0.15) is 19.4 Å². The molecule has 0 aliphatic carbocycles. The van der Waals surface area contributed by atoms with Gasteiger partial charge < -0.3 is 9.84 Å². The molecule has 0 aliphatic rings. The standard InChI is InChI=1S/C14H20BrNO2/c1-5-16(8-10(2)3)9-11-6-12(15)14(17)13(7-11)18-4/h6-7,17H,2,5,8-9H2,1,3-4H3. The van der Waals surface area contributed by atoms with Gasteiger partial charge in [0.05, 0.1) is 11.6 Å². The van der Waals surface area contributed by atoms with Crippen LogP contribution in [0, 0.1) is 0 Å². The van der Waals surface area contributed by atoms with Gasteiger partial charge in [0.25, 0.3) is 0 Å². The van der Waals surface area contributed by atoms with E-state index in [1.54, 1.807) is 7.11 Å². The zero-order chi connectivity index (χ0) is 13.7. The number of aromatic hydroxyl groups is 1. The number of phenolic OH excluding ortho intramolecular Hbond substituents is 1. The average Bonchev–Trinajstić information content (AvgIpc) is 2.32. The quantitative estimate of drug-likeness (QED) is 0.815. The molecule has 0 spiro atoms. The second kappa shape index (κ2) is 6.81. The van der Waals surface area contributed by atoms with Crippen molar-refractivity contribution in [3.63, 3.8) is 0 Å². The van der Waals surface area contributed by atoms with Gasteiger partial charge in [-0.15, -0.1) is 0 Å². The summed E-state index contributed by atoms with van der Waals surface area (Å²) in [4.78, 5) is 2.28. The van der Waals surface area contributed by atoms with Crippen LogP contribution in [0.4, 0.5) is 0 Å². The van der Waals surface area contributed by atoms with Crippen molar-refractivity contribution in [2.24, 2.45) is 0 Å². The zero-order valence-corrected chi connectivity index (χ0v) is 12.7. The summed E-state index contributed by atoms with van der Waals surface area (Å²) in [6.45, 7) is 10.7. The van der Waals surface area contributed by atoms with Gasteiger partial charge in [0, 0.05) is 13.1 Å². The Bertz CT molecular complexity index is 432. The van der Waals surface area contributed by atoms with E-state index in [2.05, 4.69) is 34.3 Å². The molecule has 0 saturated heterocycles. The normalized spacial score (nSPS) is 10.7. The number of rotatable bonds is 6. The third-order valence-electron chi connectivity index (χ3n) is 2.66. The van der Waals surface area contributed by atoms with E-state index in [0.29, 0.717) is 10.2 Å². The molecule has 0 unspecified atom stereocenters. The Morgan fingerprint density at radius 2 is 2.17 bits per heavy atom. The summed E-state index contributed by atoms with van der Waals surface area (Å²) in [5.41, 5.74) is 2.24. The summed E-state index contributed by atoms with van der Waals surface area (Å²) in [6.07, 6.45) is 0. The van der Waals surface area contributed by atoms with Gasteiger partial charge in [-0.2, -0.15) is 0 Å². The van der Waals surface area contributed by atoms with Crippen LogP contribution in [0.3, 0.4) is 0 Å². The minimum atomic E-state index is 0.143. The number of likely N-dealkylation sites (N-methyl/N-ethyl adjacent to an activating group) is 1. The highest BCUT2D eigenvalue weighted by Crippen LogP contribution is 2.35. The van der Waals surface area contributed by atoms with Crippen molar-refractivity contribution in [2.75, 3.05) is 20.2 Å². The Kier molecular flexibility index (Phi) is 5.69. The lowest BCUT2D eigenvalue weighted by Gasteiger charge is -2.21. The predicted molar refractivity (Wildman–Crippen MR) is 78.1 cm³/mol. The molecule has 4 heteroatoms. The molecule has 1 aromatic carbocycles. The minimum Gasteiger partial charge on any atom is -0.503 e. The van der Waals surface area contributed by atoms with Gasteiger partial charge in [-0.05, 0) is 47.1 Å². The van der Waals surface area contributed by atoms with Crippen LogP contribution in [-0.2, 0) is 6.54 Å². The molecule has 1 aromatic rings. The fraction of sp³-hybridized carbons (Fsp3) is 0.429.